The largest absolute Gasteiger partial charge is 0.493 e. The van der Waals surface area contributed by atoms with Gasteiger partial charge in [-0.25, -0.2) is 0 Å². The normalized spacial score (nSPS) is 14.3. The highest BCUT2D eigenvalue weighted by molar-refractivity contribution is 5.43. The average Bonchev–Trinajstić information content (AvgIpc) is 3.28. The second-order valence-corrected chi connectivity index (χ2v) is 21.7. The van der Waals surface area contributed by atoms with Gasteiger partial charge >= 0.3 is 0 Å². The molecule has 378 valence electrons. The molecule has 4 unspecified atom stereocenters. The Morgan fingerprint density at radius 2 is 0.727 bits per heavy atom. The molecule has 0 radical (unpaired) electrons. The second-order valence-electron chi connectivity index (χ2n) is 21.7. The van der Waals surface area contributed by atoms with Gasteiger partial charge in [0.05, 0.1) is 28.4 Å². The highest BCUT2D eigenvalue weighted by Crippen LogP contribution is 2.30. The molecule has 0 spiro atoms. The second kappa shape index (κ2) is 35.2. The standard InChI is InChI=1S/C60H104N2O4/c1-47(2)21-15-23-49(5)25-17-27-51(7)29-19-31-53(9)37-39-61(45-55-33-35-57(63-11)59(43-55)65-13)41-42-62(46-56-34-36-58(64-12)60(44-56)66-14)40-38-54(10)32-20-30-52(8)28-18-26-50(6)24-16-22-48(3)4/h33-38,43-44,47-52H,15-32,39-42,45-46H2,1-14H3/b53-37+,54-38+. The molecule has 2 aromatic carbocycles. The van der Waals surface area contributed by atoms with E-state index in [-0.39, 0.29) is 0 Å². The van der Waals surface area contributed by atoms with Crippen molar-refractivity contribution in [3.8, 4) is 23.0 Å². The van der Waals surface area contributed by atoms with Gasteiger partial charge in [-0.3, -0.25) is 9.80 Å². The summed E-state index contributed by atoms with van der Waals surface area (Å²) in [5, 5.41) is 0. The van der Waals surface area contributed by atoms with E-state index in [1.165, 1.54) is 138 Å². The quantitative estimate of drug-likeness (QED) is 0.0623. The van der Waals surface area contributed by atoms with Crippen LogP contribution in [-0.4, -0.2) is 64.4 Å². The fourth-order valence-corrected chi connectivity index (χ4v) is 9.42. The summed E-state index contributed by atoms with van der Waals surface area (Å²) in [7, 11) is 6.86. The molecule has 6 heteroatoms. The van der Waals surface area contributed by atoms with Gasteiger partial charge in [-0.1, -0.05) is 181 Å². The Morgan fingerprint density at radius 1 is 0.424 bits per heavy atom. The van der Waals surface area contributed by atoms with E-state index >= 15 is 0 Å². The van der Waals surface area contributed by atoms with Crippen LogP contribution in [0, 0.1) is 35.5 Å². The summed E-state index contributed by atoms with van der Waals surface area (Å²) in [5.41, 5.74) is 5.46. The van der Waals surface area contributed by atoms with Gasteiger partial charge < -0.3 is 18.9 Å². The van der Waals surface area contributed by atoms with E-state index in [0.29, 0.717) is 0 Å². The van der Waals surface area contributed by atoms with Gasteiger partial charge in [-0.2, -0.15) is 0 Å². The number of rotatable bonds is 39. The van der Waals surface area contributed by atoms with E-state index in [2.05, 4.69) is 115 Å². The molecule has 0 aromatic heterocycles. The summed E-state index contributed by atoms with van der Waals surface area (Å²) in [4.78, 5) is 5.20. The third-order valence-corrected chi connectivity index (χ3v) is 14.1. The van der Waals surface area contributed by atoms with Crippen molar-refractivity contribution in [3.05, 3.63) is 70.8 Å². The Labute approximate surface area is 409 Å². The van der Waals surface area contributed by atoms with Crippen molar-refractivity contribution >= 4 is 0 Å². The van der Waals surface area contributed by atoms with Gasteiger partial charge in [0.15, 0.2) is 23.0 Å². The Hall–Kier alpha value is -2.96. The zero-order chi connectivity index (χ0) is 48.7. The molecule has 0 N–H and O–H groups in total. The van der Waals surface area contributed by atoms with Crippen molar-refractivity contribution < 1.29 is 18.9 Å². The van der Waals surface area contributed by atoms with Crippen LogP contribution in [0.15, 0.2) is 59.7 Å². The first-order valence-corrected chi connectivity index (χ1v) is 26.8. The lowest BCUT2D eigenvalue weighted by Gasteiger charge is -2.27. The SMILES string of the molecule is COc1ccc(CN(C/C=C(\C)CCCC(C)CCCC(C)CCCC(C)C)CCN(C/C=C(\C)CCCC(C)CCCC(C)CCCC(C)C)Cc2ccc(OC)c(OC)c2)cc1OC. The zero-order valence-electron chi connectivity index (χ0n) is 45.6. The van der Waals surface area contributed by atoms with E-state index < -0.39 is 0 Å². The van der Waals surface area contributed by atoms with Crippen LogP contribution in [0.1, 0.15) is 196 Å². The van der Waals surface area contributed by atoms with E-state index in [0.717, 1.165) is 97.8 Å². The summed E-state index contributed by atoms with van der Waals surface area (Å²) in [6.45, 7) is 29.3. The highest BCUT2D eigenvalue weighted by Gasteiger charge is 2.15. The number of ether oxygens (including phenoxy) is 4. The smallest absolute Gasteiger partial charge is 0.161 e. The maximum absolute atomic E-state index is 5.73. The molecule has 0 heterocycles. The van der Waals surface area contributed by atoms with Crippen molar-refractivity contribution in [1.82, 2.24) is 9.80 Å². The van der Waals surface area contributed by atoms with Gasteiger partial charge in [0.1, 0.15) is 0 Å². The van der Waals surface area contributed by atoms with Gasteiger partial charge in [-0.15, -0.1) is 0 Å². The van der Waals surface area contributed by atoms with E-state index in [4.69, 9.17) is 18.9 Å². The molecule has 0 aliphatic heterocycles. The monoisotopic (exact) mass is 917 g/mol. The molecule has 0 saturated heterocycles. The molecule has 2 aromatic rings. The number of benzene rings is 2. The molecule has 66 heavy (non-hydrogen) atoms. The Balaban J connectivity index is 2.11. The van der Waals surface area contributed by atoms with Crippen molar-refractivity contribution in [2.24, 2.45) is 35.5 Å². The number of hydrogen-bond acceptors (Lipinski definition) is 6. The molecule has 0 saturated carbocycles. The highest BCUT2D eigenvalue weighted by atomic mass is 16.5. The molecular weight excluding hydrogens is 813 g/mol. The maximum Gasteiger partial charge on any atom is 0.161 e. The minimum atomic E-state index is 0.768. The van der Waals surface area contributed by atoms with Gasteiger partial charge in [0.2, 0.25) is 0 Å². The first-order valence-electron chi connectivity index (χ1n) is 26.8. The summed E-state index contributed by atoms with van der Waals surface area (Å²) < 4.78 is 22.6. The van der Waals surface area contributed by atoms with Gasteiger partial charge in [0, 0.05) is 39.3 Å². The van der Waals surface area contributed by atoms with Crippen LogP contribution >= 0.6 is 0 Å². The van der Waals surface area contributed by atoms with Crippen LogP contribution in [0.4, 0.5) is 0 Å². The molecule has 4 atom stereocenters. The van der Waals surface area contributed by atoms with Crippen LogP contribution < -0.4 is 18.9 Å². The van der Waals surface area contributed by atoms with E-state index in [1.54, 1.807) is 28.4 Å². The van der Waals surface area contributed by atoms with Crippen LogP contribution in [0.2, 0.25) is 0 Å². The number of allylic oxidation sites excluding steroid dienone is 2. The first-order chi connectivity index (χ1) is 31.6. The fraction of sp³-hybridized carbons (Fsp3) is 0.733. The van der Waals surface area contributed by atoms with E-state index in [1.807, 2.05) is 12.1 Å². The lowest BCUT2D eigenvalue weighted by Crippen LogP contribution is -2.35. The Bertz CT molecular complexity index is 1480. The first kappa shape index (κ1) is 59.2. The summed E-state index contributed by atoms with van der Waals surface area (Å²) in [6, 6.07) is 12.7. The van der Waals surface area contributed by atoms with Gasteiger partial charge in [-0.05, 0) is 110 Å². The van der Waals surface area contributed by atoms with Crippen LogP contribution in [0.25, 0.3) is 0 Å². The maximum atomic E-state index is 5.73. The molecule has 6 nitrogen and oxygen atoms in total. The van der Waals surface area contributed by atoms with E-state index in [9.17, 15) is 0 Å². The molecule has 0 bridgehead atoms. The summed E-state index contributed by atoms with van der Waals surface area (Å²) in [5.74, 6) is 8.08. The number of methoxy groups -OCH3 is 4. The minimum Gasteiger partial charge on any atom is -0.493 e. The summed E-state index contributed by atoms with van der Waals surface area (Å²) in [6.07, 6.45) is 29.0. The Morgan fingerprint density at radius 3 is 1.03 bits per heavy atom. The van der Waals surface area contributed by atoms with Crippen molar-refractivity contribution in [1.29, 1.82) is 0 Å². The predicted molar refractivity (Wildman–Crippen MR) is 287 cm³/mol. The number of hydrogen-bond donors (Lipinski definition) is 0. The van der Waals surface area contributed by atoms with Crippen molar-refractivity contribution in [3.63, 3.8) is 0 Å². The lowest BCUT2D eigenvalue weighted by molar-refractivity contribution is 0.216. The molecule has 0 amide bonds. The van der Waals surface area contributed by atoms with Gasteiger partial charge in [0.25, 0.3) is 0 Å². The van der Waals surface area contributed by atoms with Crippen molar-refractivity contribution in [2.45, 2.75) is 198 Å². The third kappa shape index (κ3) is 27.1. The molecule has 2 rings (SSSR count). The van der Waals surface area contributed by atoms with Crippen LogP contribution in [0.5, 0.6) is 23.0 Å². The van der Waals surface area contributed by atoms with Crippen LogP contribution in [-0.2, 0) is 13.1 Å². The third-order valence-electron chi connectivity index (χ3n) is 14.1. The molecular formula is C60H104N2O4. The molecule has 0 fully saturated rings. The van der Waals surface area contributed by atoms with Crippen molar-refractivity contribution in [2.75, 3.05) is 54.6 Å². The zero-order valence-corrected chi connectivity index (χ0v) is 45.6. The predicted octanol–water partition coefficient (Wildman–Crippen LogP) is 16.8. The number of nitrogens with zero attached hydrogens (tertiary/aromatic N) is 2. The topological polar surface area (TPSA) is 43.4 Å². The average molecular weight is 918 g/mol. The van der Waals surface area contributed by atoms with Crippen LogP contribution in [0.3, 0.4) is 0 Å². The molecule has 0 aliphatic carbocycles. The molecule has 0 aliphatic rings. The Kier molecular flexibility index (Phi) is 31.6. The minimum absolute atomic E-state index is 0.768. The fourth-order valence-electron chi connectivity index (χ4n) is 9.42. The lowest BCUT2D eigenvalue weighted by atomic mass is 9.91. The summed E-state index contributed by atoms with van der Waals surface area (Å²) >= 11 is 0.